The largest absolute Gasteiger partial charge is 0.462 e. The average Bonchev–Trinajstić information content (AvgIpc) is 2.48. The molecule has 0 aliphatic carbocycles. The van der Waals surface area contributed by atoms with Gasteiger partial charge < -0.3 is 14.1 Å². The lowest BCUT2D eigenvalue weighted by molar-refractivity contribution is -0.861. The topological polar surface area (TPSA) is 63.6 Å². The standard InChI is InChI=1S/C18H35NO4P/c1-6-7-8-9-10-11-12-16(2)18(21)23-13-14-24(22)17(20)15-19(3,4)5/h22H,2,6-15H2,1,3-5H3/q+1. The molecule has 1 unspecified atom stereocenters. The van der Waals surface area contributed by atoms with E-state index in [9.17, 15) is 14.5 Å². The Labute approximate surface area is 148 Å². The number of likely N-dealkylation sites (N-methyl/N-ethyl adjacent to an activating group) is 1. The van der Waals surface area contributed by atoms with Gasteiger partial charge in [0.1, 0.15) is 14.7 Å². The Bertz CT molecular complexity index is 404. The lowest BCUT2D eigenvalue weighted by Gasteiger charge is -2.23. The minimum absolute atomic E-state index is 0.0689. The predicted octanol–water partition coefficient (Wildman–Crippen LogP) is 3.46. The van der Waals surface area contributed by atoms with Crippen molar-refractivity contribution in [3.05, 3.63) is 12.2 Å². The van der Waals surface area contributed by atoms with E-state index in [4.69, 9.17) is 4.74 Å². The molecule has 0 aliphatic heterocycles. The number of hydrogen-bond donors (Lipinski definition) is 1. The van der Waals surface area contributed by atoms with Crippen LogP contribution in [0.25, 0.3) is 0 Å². The fraction of sp³-hybridized carbons (Fsp3) is 0.778. The van der Waals surface area contributed by atoms with Gasteiger partial charge in [-0.05, 0) is 12.8 Å². The maximum Gasteiger partial charge on any atom is 0.333 e. The molecule has 0 aliphatic rings. The molecule has 1 atom stereocenters. The normalized spacial score (nSPS) is 12.7. The first-order valence-electron chi connectivity index (χ1n) is 8.82. The molecule has 0 amide bonds. The van der Waals surface area contributed by atoms with Crippen LogP contribution in [-0.2, 0) is 14.3 Å². The molecule has 0 rings (SSSR count). The summed E-state index contributed by atoms with van der Waals surface area (Å²) in [6.45, 7) is 6.30. The SMILES string of the molecule is C=C(CCCCCCCC)C(=O)OCCP(O)C(=O)C[N+](C)(C)C. The van der Waals surface area contributed by atoms with E-state index in [0.717, 1.165) is 12.8 Å². The van der Waals surface area contributed by atoms with Gasteiger partial charge in [0, 0.05) is 11.7 Å². The van der Waals surface area contributed by atoms with E-state index < -0.39 is 14.1 Å². The zero-order valence-electron chi connectivity index (χ0n) is 15.8. The van der Waals surface area contributed by atoms with E-state index in [1.54, 1.807) is 0 Å². The number of nitrogens with zero attached hydrogens (tertiary/aromatic N) is 1. The van der Waals surface area contributed by atoms with Gasteiger partial charge in [0.15, 0.2) is 0 Å². The molecule has 140 valence electrons. The van der Waals surface area contributed by atoms with Crippen LogP contribution in [-0.4, -0.2) is 61.3 Å². The summed E-state index contributed by atoms with van der Waals surface area (Å²) in [6, 6.07) is 0. The fourth-order valence-corrected chi connectivity index (χ4v) is 3.26. The molecule has 1 N–H and O–H groups in total. The average molecular weight is 360 g/mol. The lowest BCUT2D eigenvalue weighted by atomic mass is 10.1. The number of hydrogen-bond acceptors (Lipinski definition) is 4. The fourth-order valence-electron chi connectivity index (χ4n) is 2.16. The number of esters is 1. The van der Waals surface area contributed by atoms with Crippen LogP contribution < -0.4 is 0 Å². The van der Waals surface area contributed by atoms with Gasteiger partial charge in [-0.3, -0.25) is 4.79 Å². The number of carbonyl (C=O) groups is 2. The highest BCUT2D eigenvalue weighted by molar-refractivity contribution is 7.69. The molecule has 5 nitrogen and oxygen atoms in total. The Balaban J connectivity index is 3.84. The second-order valence-corrected chi connectivity index (χ2v) is 8.97. The van der Waals surface area contributed by atoms with Crippen molar-refractivity contribution in [3.8, 4) is 0 Å². The van der Waals surface area contributed by atoms with Crippen LogP contribution >= 0.6 is 8.15 Å². The summed E-state index contributed by atoms with van der Waals surface area (Å²) >= 11 is 0. The summed E-state index contributed by atoms with van der Waals surface area (Å²) in [5.41, 5.74) is 0.310. The summed E-state index contributed by atoms with van der Waals surface area (Å²) in [4.78, 5) is 33.5. The first-order valence-corrected chi connectivity index (χ1v) is 10.3. The summed E-state index contributed by atoms with van der Waals surface area (Å²) in [7, 11) is 3.95. The number of quaternary nitrogens is 1. The molecule has 24 heavy (non-hydrogen) atoms. The van der Waals surface area contributed by atoms with Crippen LogP contribution in [0.5, 0.6) is 0 Å². The van der Waals surface area contributed by atoms with Gasteiger partial charge in [0.25, 0.3) is 0 Å². The summed E-state index contributed by atoms with van der Waals surface area (Å²) in [5, 5.41) is 0. The molecule has 6 heteroatoms. The monoisotopic (exact) mass is 360 g/mol. The zero-order chi connectivity index (χ0) is 18.6. The van der Waals surface area contributed by atoms with E-state index in [1.165, 1.54) is 25.7 Å². The Morgan fingerprint density at radius 1 is 1.08 bits per heavy atom. The smallest absolute Gasteiger partial charge is 0.333 e. The molecule has 0 saturated carbocycles. The molecule has 0 aromatic heterocycles. The van der Waals surface area contributed by atoms with Crippen molar-refractivity contribution >= 4 is 19.6 Å². The molecule has 0 saturated heterocycles. The minimum Gasteiger partial charge on any atom is -0.462 e. The van der Waals surface area contributed by atoms with Gasteiger partial charge in [0.05, 0.1) is 27.7 Å². The Hall–Kier alpha value is -0.770. The van der Waals surface area contributed by atoms with E-state index in [1.807, 2.05) is 21.1 Å². The summed E-state index contributed by atoms with van der Waals surface area (Å²) in [5.74, 6) is -0.411. The molecule has 0 radical (unpaired) electrons. The van der Waals surface area contributed by atoms with Crippen molar-refractivity contribution in [2.24, 2.45) is 0 Å². The van der Waals surface area contributed by atoms with E-state index >= 15 is 0 Å². The molecule has 0 bridgehead atoms. The van der Waals surface area contributed by atoms with Crippen molar-refractivity contribution in [3.63, 3.8) is 0 Å². The van der Waals surface area contributed by atoms with Crippen molar-refractivity contribution in [2.75, 3.05) is 40.5 Å². The van der Waals surface area contributed by atoms with Crippen LogP contribution in [0.15, 0.2) is 12.2 Å². The van der Waals surface area contributed by atoms with Crippen LogP contribution in [0.2, 0.25) is 0 Å². The van der Waals surface area contributed by atoms with Crippen molar-refractivity contribution in [1.82, 2.24) is 0 Å². The number of carbonyl (C=O) groups excluding carboxylic acids is 2. The molecule has 0 aromatic rings. The van der Waals surface area contributed by atoms with Crippen LogP contribution in [0.4, 0.5) is 0 Å². The third-order valence-electron chi connectivity index (χ3n) is 3.55. The molecule has 0 spiro atoms. The number of unbranched alkanes of at least 4 members (excludes halogenated alkanes) is 5. The quantitative estimate of drug-likeness (QED) is 0.169. The van der Waals surface area contributed by atoms with Crippen molar-refractivity contribution in [2.45, 2.75) is 51.9 Å². The maximum absolute atomic E-state index is 11.8. The molecular formula is C18H35NO4P+. The van der Waals surface area contributed by atoms with Crippen molar-refractivity contribution in [1.29, 1.82) is 0 Å². The number of rotatable bonds is 14. The lowest BCUT2D eigenvalue weighted by Crippen LogP contribution is -2.39. The summed E-state index contributed by atoms with van der Waals surface area (Å²) in [6.07, 6.45) is 7.83. The van der Waals surface area contributed by atoms with Crippen LogP contribution in [0.3, 0.4) is 0 Å². The van der Waals surface area contributed by atoms with Gasteiger partial charge in [-0.15, -0.1) is 0 Å². The van der Waals surface area contributed by atoms with Gasteiger partial charge in [0.2, 0.25) is 5.52 Å². The highest BCUT2D eigenvalue weighted by Gasteiger charge is 2.22. The zero-order valence-corrected chi connectivity index (χ0v) is 16.7. The maximum atomic E-state index is 11.8. The van der Waals surface area contributed by atoms with Gasteiger partial charge in [-0.25, -0.2) is 4.79 Å². The van der Waals surface area contributed by atoms with E-state index in [0.29, 0.717) is 16.5 Å². The first kappa shape index (κ1) is 23.2. The first-order chi connectivity index (χ1) is 11.2. The molecule has 0 heterocycles. The van der Waals surface area contributed by atoms with Gasteiger partial charge in [-0.1, -0.05) is 45.6 Å². The highest BCUT2D eigenvalue weighted by atomic mass is 31.1. The Kier molecular flexibility index (Phi) is 12.2. The Morgan fingerprint density at radius 2 is 1.67 bits per heavy atom. The summed E-state index contributed by atoms with van der Waals surface area (Å²) < 4.78 is 5.59. The van der Waals surface area contributed by atoms with Crippen molar-refractivity contribution < 1.29 is 23.7 Å². The second kappa shape index (κ2) is 12.6. The predicted molar refractivity (Wildman–Crippen MR) is 100 cm³/mol. The molecule has 0 aromatic carbocycles. The third-order valence-corrected chi connectivity index (χ3v) is 4.88. The van der Waals surface area contributed by atoms with E-state index in [-0.39, 0.29) is 24.8 Å². The molecular weight excluding hydrogens is 325 g/mol. The number of ether oxygens (including phenoxy) is 1. The highest BCUT2D eigenvalue weighted by Crippen LogP contribution is 2.31. The van der Waals surface area contributed by atoms with Gasteiger partial charge >= 0.3 is 5.97 Å². The van der Waals surface area contributed by atoms with Gasteiger partial charge in [-0.2, -0.15) is 0 Å². The molecule has 0 fully saturated rings. The van der Waals surface area contributed by atoms with Crippen LogP contribution in [0, 0.1) is 0 Å². The van der Waals surface area contributed by atoms with E-state index in [2.05, 4.69) is 13.5 Å². The third kappa shape index (κ3) is 12.6. The Morgan fingerprint density at radius 3 is 2.25 bits per heavy atom. The van der Waals surface area contributed by atoms with Crippen LogP contribution in [0.1, 0.15) is 51.9 Å². The second-order valence-electron chi connectivity index (χ2n) is 7.22. The minimum atomic E-state index is -1.74.